The Bertz CT molecular complexity index is 367. The zero-order valence-corrected chi connectivity index (χ0v) is 11.0. The molecule has 0 amide bonds. The van der Waals surface area contributed by atoms with E-state index in [4.69, 9.17) is 4.74 Å². The van der Waals surface area contributed by atoms with Crippen molar-refractivity contribution in [1.29, 1.82) is 0 Å². The van der Waals surface area contributed by atoms with Gasteiger partial charge < -0.3 is 14.7 Å². The molecule has 0 aliphatic carbocycles. The molecule has 1 fully saturated rings. The van der Waals surface area contributed by atoms with E-state index in [9.17, 15) is 5.11 Å². The summed E-state index contributed by atoms with van der Waals surface area (Å²) in [5.74, 6) is 0.956. The minimum atomic E-state index is -0.387. The lowest BCUT2D eigenvalue weighted by Crippen LogP contribution is -2.32. The van der Waals surface area contributed by atoms with Gasteiger partial charge in [0, 0.05) is 39.9 Å². The first-order chi connectivity index (χ1) is 8.65. The van der Waals surface area contributed by atoms with Crippen LogP contribution in [0.4, 0.5) is 5.82 Å². The van der Waals surface area contributed by atoms with Crippen LogP contribution in [0.2, 0.25) is 0 Å². The predicted molar refractivity (Wildman–Crippen MR) is 70.7 cm³/mol. The molecule has 100 valence electrons. The molecule has 18 heavy (non-hydrogen) atoms. The fraction of sp³-hybridized carbons (Fsp3) is 0.615. The smallest absolute Gasteiger partial charge is 0.127 e. The summed E-state index contributed by atoms with van der Waals surface area (Å²) in [6.45, 7) is 3.44. The van der Waals surface area contributed by atoms with Crippen molar-refractivity contribution < 1.29 is 9.84 Å². The number of nitrogens with zero attached hydrogens (tertiary/aromatic N) is 3. The van der Waals surface area contributed by atoms with Crippen molar-refractivity contribution in [3.05, 3.63) is 23.9 Å². The number of aromatic nitrogens is 1. The Balaban J connectivity index is 1.95. The molecule has 5 heteroatoms. The Morgan fingerprint density at radius 2 is 2.33 bits per heavy atom. The summed E-state index contributed by atoms with van der Waals surface area (Å²) in [6, 6.07) is 4.10. The van der Waals surface area contributed by atoms with Gasteiger partial charge in [-0.2, -0.15) is 0 Å². The van der Waals surface area contributed by atoms with Crippen LogP contribution in [-0.2, 0) is 11.3 Å². The summed E-state index contributed by atoms with van der Waals surface area (Å²) >= 11 is 0. The maximum absolute atomic E-state index is 9.67. The third-order valence-corrected chi connectivity index (χ3v) is 3.00. The third-order valence-electron chi connectivity index (χ3n) is 3.00. The number of aliphatic hydroxyl groups excluding tert-OH is 1. The number of ether oxygens (including phenoxy) is 1. The van der Waals surface area contributed by atoms with Gasteiger partial charge >= 0.3 is 0 Å². The number of rotatable bonds is 3. The van der Waals surface area contributed by atoms with Crippen LogP contribution in [0.15, 0.2) is 18.3 Å². The van der Waals surface area contributed by atoms with Crippen molar-refractivity contribution in [2.24, 2.45) is 0 Å². The monoisotopic (exact) mass is 251 g/mol. The van der Waals surface area contributed by atoms with Crippen molar-refractivity contribution in [3.63, 3.8) is 0 Å². The Hall–Kier alpha value is -1.17. The summed E-state index contributed by atoms with van der Waals surface area (Å²) in [4.78, 5) is 8.57. The normalized spacial score (nSPS) is 21.6. The van der Waals surface area contributed by atoms with E-state index in [-0.39, 0.29) is 6.10 Å². The molecule has 0 spiro atoms. The molecule has 0 bridgehead atoms. The van der Waals surface area contributed by atoms with E-state index in [0.29, 0.717) is 19.8 Å². The molecule has 1 atom stereocenters. The van der Waals surface area contributed by atoms with Gasteiger partial charge in [0.05, 0.1) is 19.3 Å². The van der Waals surface area contributed by atoms with E-state index >= 15 is 0 Å². The summed E-state index contributed by atoms with van der Waals surface area (Å²) in [7, 11) is 3.95. The SMILES string of the molecule is CN(C)c1ccc(CN2CCOC[C@H](O)C2)cn1. The molecule has 1 aromatic heterocycles. The van der Waals surface area contributed by atoms with Gasteiger partial charge in [0.1, 0.15) is 5.82 Å². The highest BCUT2D eigenvalue weighted by Gasteiger charge is 2.16. The maximum Gasteiger partial charge on any atom is 0.127 e. The van der Waals surface area contributed by atoms with E-state index in [1.807, 2.05) is 31.3 Å². The summed E-state index contributed by atoms with van der Waals surface area (Å²) in [6.07, 6.45) is 1.51. The average Bonchev–Trinajstić information content (AvgIpc) is 2.54. The maximum atomic E-state index is 9.67. The van der Waals surface area contributed by atoms with E-state index in [0.717, 1.165) is 24.5 Å². The van der Waals surface area contributed by atoms with Gasteiger partial charge in [-0.1, -0.05) is 6.07 Å². The molecule has 1 aliphatic heterocycles. The number of β-amino-alcohol motifs (C(OH)–C–C–N with tert-alkyl or cyclic N) is 1. The Morgan fingerprint density at radius 3 is 3.00 bits per heavy atom. The van der Waals surface area contributed by atoms with Gasteiger partial charge in [0.15, 0.2) is 0 Å². The fourth-order valence-electron chi connectivity index (χ4n) is 2.03. The Kier molecular flexibility index (Phi) is 4.52. The van der Waals surface area contributed by atoms with Crippen LogP contribution in [0.25, 0.3) is 0 Å². The molecule has 0 unspecified atom stereocenters. The predicted octanol–water partition coefficient (Wildman–Crippen LogP) is 0.341. The van der Waals surface area contributed by atoms with Crippen molar-refractivity contribution in [3.8, 4) is 0 Å². The van der Waals surface area contributed by atoms with Crippen LogP contribution in [-0.4, -0.2) is 61.5 Å². The quantitative estimate of drug-likeness (QED) is 0.839. The number of pyridine rings is 1. The molecule has 0 aromatic carbocycles. The van der Waals surface area contributed by atoms with Crippen molar-refractivity contribution >= 4 is 5.82 Å². The zero-order chi connectivity index (χ0) is 13.0. The van der Waals surface area contributed by atoms with Crippen LogP contribution < -0.4 is 4.90 Å². The van der Waals surface area contributed by atoms with Crippen molar-refractivity contribution in [1.82, 2.24) is 9.88 Å². The minimum Gasteiger partial charge on any atom is -0.389 e. The molecule has 2 rings (SSSR count). The topological polar surface area (TPSA) is 48.8 Å². The molecule has 0 saturated carbocycles. The summed E-state index contributed by atoms with van der Waals surface area (Å²) in [5.41, 5.74) is 1.16. The zero-order valence-electron chi connectivity index (χ0n) is 11.0. The number of hydrogen-bond donors (Lipinski definition) is 1. The van der Waals surface area contributed by atoms with Crippen molar-refractivity contribution in [2.45, 2.75) is 12.6 Å². The van der Waals surface area contributed by atoms with Gasteiger partial charge in [-0.15, -0.1) is 0 Å². The minimum absolute atomic E-state index is 0.387. The lowest BCUT2D eigenvalue weighted by Gasteiger charge is -2.21. The first-order valence-electron chi connectivity index (χ1n) is 6.25. The Labute approximate surface area is 108 Å². The second-order valence-corrected chi connectivity index (χ2v) is 4.88. The molecule has 1 aromatic rings. The van der Waals surface area contributed by atoms with E-state index in [2.05, 4.69) is 16.0 Å². The number of hydrogen-bond acceptors (Lipinski definition) is 5. The van der Waals surface area contributed by atoms with Crippen LogP contribution >= 0.6 is 0 Å². The molecule has 0 radical (unpaired) electrons. The van der Waals surface area contributed by atoms with E-state index in [1.165, 1.54) is 0 Å². The van der Waals surface area contributed by atoms with Gasteiger partial charge in [-0.25, -0.2) is 4.98 Å². The highest BCUT2D eigenvalue weighted by molar-refractivity contribution is 5.37. The van der Waals surface area contributed by atoms with E-state index < -0.39 is 0 Å². The fourth-order valence-corrected chi connectivity index (χ4v) is 2.03. The molecule has 2 heterocycles. The Morgan fingerprint density at radius 1 is 1.50 bits per heavy atom. The lowest BCUT2D eigenvalue weighted by atomic mass is 10.2. The molecule has 5 nitrogen and oxygen atoms in total. The molecular formula is C13H21N3O2. The highest BCUT2D eigenvalue weighted by Crippen LogP contribution is 2.11. The highest BCUT2D eigenvalue weighted by atomic mass is 16.5. The van der Waals surface area contributed by atoms with Crippen LogP contribution in [0.3, 0.4) is 0 Å². The second kappa shape index (κ2) is 6.13. The molecule has 1 aliphatic rings. The van der Waals surface area contributed by atoms with Gasteiger partial charge in [-0.05, 0) is 11.6 Å². The van der Waals surface area contributed by atoms with E-state index in [1.54, 1.807) is 0 Å². The third kappa shape index (κ3) is 3.66. The molecule has 1 N–H and O–H groups in total. The van der Waals surface area contributed by atoms with Crippen molar-refractivity contribution in [2.75, 3.05) is 45.3 Å². The van der Waals surface area contributed by atoms with Crippen LogP contribution in [0.1, 0.15) is 5.56 Å². The lowest BCUT2D eigenvalue weighted by molar-refractivity contribution is 0.0562. The summed E-state index contributed by atoms with van der Waals surface area (Å²) in [5, 5.41) is 9.67. The van der Waals surface area contributed by atoms with Gasteiger partial charge in [-0.3, -0.25) is 4.90 Å². The standard InChI is InChI=1S/C13H21N3O2/c1-15(2)13-4-3-11(7-14-13)8-16-5-6-18-10-12(17)9-16/h3-4,7,12,17H,5-6,8-10H2,1-2H3/t12-/m1/s1. The average molecular weight is 251 g/mol. The number of aliphatic hydroxyl groups is 1. The molecule has 1 saturated heterocycles. The second-order valence-electron chi connectivity index (χ2n) is 4.88. The van der Waals surface area contributed by atoms with Crippen LogP contribution in [0, 0.1) is 0 Å². The first-order valence-corrected chi connectivity index (χ1v) is 6.25. The molecular weight excluding hydrogens is 230 g/mol. The largest absolute Gasteiger partial charge is 0.389 e. The first kappa shape index (κ1) is 13.3. The van der Waals surface area contributed by atoms with Crippen LogP contribution in [0.5, 0.6) is 0 Å². The van der Waals surface area contributed by atoms with Gasteiger partial charge in [0.2, 0.25) is 0 Å². The number of anilines is 1. The van der Waals surface area contributed by atoms with Gasteiger partial charge in [0.25, 0.3) is 0 Å². The summed E-state index contributed by atoms with van der Waals surface area (Å²) < 4.78 is 5.31.